The first kappa shape index (κ1) is 19.9. The zero-order chi connectivity index (χ0) is 19.4. The van der Waals surface area contributed by atoms with E-state index in [1.165, 1.54) is 18.2 Å². The Bertz CT molecular complexity index is 749. The molecule has 6 heteroatoms. The van der Waals surface area contributed by atoms with Gasteiger partial charge in [0.2, 0.25) is 5.91 Å². The Morgan fingerprint density at radius 2 is 1.81 bits per heavy atom. The summed E-state index contributed by atoms with van der Waals surface area (Å²) in [6, 6.07) is 10.8. The Balaban J connectivity index is 1.76. The molecule has 1 aliphatic heterocycles. The van der Waals surface area contributed by atoms with Crippen molar-refractivity contribution in [3.05, 3.63) is 30.3 Å². The van der Waals surface area contributed by atoms with Gasteiger partial charge in [-0.1, -0.05) is 55.9 Å². The van der Waals surface area contributed by atoms with Crippen molar-refractivity contribution < 1.29 is 4.79 Å². The van der Waals surface area contributed by atoms with Gasteiger partial charge in [-0.2, -0.15) is 0 Å². The van der Waals surface area contributed by atoms with Gasteiger partial charge in [0, 0.05) is 24.2 Å². The highest BCUT2D eigenvalue weighted by Gasteiger charge is 2.29. The molecule has 1 fully saturated rings. The lowest BCUT2D eigenvalue weighted by atomic mass is 9.98. The molecule has 27 heavy (non-hydrogen) atoms. The van der Waals surface area contributed by atoms with Crippen molar-refractivity contribution in [2.75, 3.05) is 5.75 Å². The van der Waals surface area contributed by atoms with Gasteiger partial charge in [0.1, 0.15) is 0 Å². The van der Waals surface area contributed by atoms with E-state index in [1.54, 1.807) is 0 Å². The number of rotatable bonds is 6. The number of piperidine rings is 1. The highest BCUT2D eigenvalue weighted by Crippen LogP contribution is 2.27. The molecule has 146 valence electrons. The summed E-state index contributed by atoms with van der Waals surface area (Å²) in [5, 5.41) is 9.66. The van der Waals surface area contributed by atoms with Crippen molar-refractivity contribution in [2.24, 2.45) is 5.92 Å². The van der Waals surface area contributed by atoms with Crippen LogP contribution >= 0.6 is 11.8 Å². The van der Waals surface area contributed by atoms with E-state index in [2.05, 4.69) is 59.5 Å². The summed E-state index contributed by atoms with van der Waals surface area (Å²) in [4.78, 5) is 14.9. The molecule has 1 aliphatic rings. The predicted molar refractivity (Wildman–Crippen MR) is 111 cm³/mol. The molecule has 0 spiro atoms. The number of nitrogens with zero attached hydrogens (tertiary/aromatic N) is 4. The Kier molecular flexibility index (Phi) is 6.58. The van der Waals surface area contributed by atoms with Crippen molar-refractivity contribution in [1.29, 1.82) is 0 Å². The molecule has 1 saturated heterocycles. The Morgan fingerprint density at radius 1 is 1.15 bits per heavy atom. The summed E-state index contributed by atoms with van der Waals surface area (Å²) >= 11 is 1.51. The summed E-state index contributed by atoms with van der Waals surface area (Å²) in [6.07, 6.45) is 3.41. The lowest BCUT2D eigenvalue weighted by molar-refractivity contribution is -0.134. The van der Waals surface area contributed by atoms with Crippen molar-refractivity contribution in [2.45, 2.75) is 70.7 Å². The first-order chi connectivity index (χ1) is 13.0. The first-order valence-corrected chi connectivity index (χ1v) is 10.9. The molecule has 0 N–H and O–H groups in total. The molecule has 0 unspecified atom stereocenters. The second-order valence-corrected chi connectivity index (χ2v) is 8.84. The summed E-state index contributed by atoms with van der Waals surface area (Å²) in [5.74, 6) is 1.97. The monoisotopic (exact) mass is 386 g/mol. The number of hydrogen-bond donors (Lipinski definition) is 0. The highest BCUT2D eigenvalue weighted by atomic mass is 32.2. The average molecular weight is 387 g/mol. The standard InChI is InChI=1S/C21H30N4OS/c1-15(2)13-24-20(18-11-6-5-7-12-18)22-23-21(24)27-14-19(26)25-16(3)9-8-10-17(25)4/h5-7,11-12,15-17H,8-10,13-14H2,1-4H3/t16-,17-/m0/s1. The minimum atomic E-state index is 0.208. The maximum Gasteiger partial charge on any atom is 0.233 e. The third-order valence-electron chi connectivity index (χ3n) is 5.10. The minimum Gasteiger partial charge on any atom is -0.337 e. The highest BCUT2D eigenvalue weighted by molar-refractivity contribution is 7.99. The van der Waals surface area contributed by atoms with E-state index in [-0.39, 0.29) is 5.91 Å². The second kappa shape index (κ2) is 8.91. The molecule has 3 rings (SSSR count). The number of aromatic nitrogens is 3. The lowest BCUT2D eigenvalue weighted by Gasteiger charge is -2.39. The van der Waals surface area contributed by atoms with Gasteiger partial charge in [-0.3, -0.25) is 4.79 Å². The van der Waals surface area contributed by atoms with Crippen LogP contribution in [0.3, 0.4) is 0 Å². The van der Waals surface area contributed by atoms with Gasteiger partial charge in [0.15, 0.2) is 11.0 Å². The van der Waals surface area contributed by atoms with Crippen LogP contribution in [0.15, 0.2) is 35.5 Å². The fourth-order valence-corrected chi connectivity index (χ4v) is 4.66. The van der Waals surface area contributed by atoms with Crippen molar-refractivity contribution in [1.82, 2.24) is 19.7 Å². The van der Waals surface area contributed by atoms with Crippen LogP contribution in [-0.2, 0) is 11.3 Å². The molecule has 1 aromatic heterocycles. The van der Waals surface area contributed by atoms with Gasteiger partial charge in [-0.15, -0.1) is 10.2 Å². The molecule has 2 aromatic rings. The Labute approximate surface area is 166 Å². The van der Waals surface area contributed by atoms with E-state index in [0.29, 0.717) is 23.8 Å². The first-order valence-electron chi connectivity index (χ1n) is 9.90. The second-order valence-electron chi connectivity index (χ2n) is 7.90. The van der Waals surface area contributed by atoms with Crippen molar-refractivity contribution in [3.63, 3.8) is 0 Å². The van der Waals surface area contributed by atoms with Crippen molar-refractivity contribution >= 4 is 17.7 Å². The van der Waals surface area contributed by atoms with Crippen LogP contribution in [-0.4, -0.2) is 43.4 Å². The molecule has 1 aromatic carbocycles. The van der Waals surface area contributed by atoms with E-state index in [0.717, 1.165) is 35.9 Å². The zero-order valence-electron chi connectivity index (χ0n) is 16.8. The molecule has 2 heterocycles. The van der Waals surface area contributed by atoms with E-state index >= 15 is 0 Å². The van der Waals surface area contributed by atoms with Crippen LogP contribution in [0.25, 0.3) is 11.4 Å². The maximum atomic E-state index is 12.9. The summed E-state index contributed by atoms with van der Waals surface area (Å²) in [6.45, 7) is 9.53. The Hall–Kier alpha value is -1.82. The van der Waals surface area contributed by atoms with E-state index < -0.39 is 0 Å². The normalized spacial score (nSPS) is 20.3. The lowest BCUT2D eigenvalue weighted by Crippen LogP contribution is -2.48. The summed E-state index contributed by atoms with van der Waals surface area (Å²) < 4.78 is 2.15. The fourth-order valence-electron chi connectivity index (χ4n) is 3.84. The number of hydrogen-bond acceptors (Lipinski definition) is 4. The van der Waals surface area contributed by atoms with E-state index in [1.807, 2.05) is 18.2 Å². The Morgan fingerprint density at radius 3 is 2.44 bits per heavy atom. The number of likely N-dealkylation sites (tertiary alicyclic amines) is 1. The molecule has 0 saturated carbocycles. The van der Waals surface area contributed by atoms with E-state index in [9.17, 15) is 4.79 Å². The van der Waals surface area contributed by atoms with Crippen LogP contribution in [0.5, 0.6) is 0 Å². The topological polar surface area (TPSA) is 51.0 Å². The third kappa shape index (κ3) is 4.72. The van der Waals surface area contributed by atoms with E-state index in [4.69, 9.17) is 0 Å². The zero-order valence-corrected chi connectivity index (χ0v) is 17.6. The molecular formula is C21H30N4OS. The molecule has 5 nitrogen and oxygen atoms in total. The SMILES string of the molecule is CC(C)Cn1c(SCC(=O)N2[C@@H](C)CCC[C@@H]2C)nnc1-c1ccccc1. The van der Waals surface area contributed by atoms with Crippen LogP contribution in [0.2, 0.25) is 0 Å². The molecule has 0 radical (unpaired) electrons. The number of thioether (sulfide) groups is 1. The molecule has 1 amide bonds. The number of carbonyl (C=O) groups is 1. The van der Waals surface area contributed by atoms with Gasteiger partial charge in [-0.05, 0) is 39.0 Å². The smallest absolute Gasteiger partial charge is 0.233 e. The molecule has 0 bridgehead atoms. The average Bonchev–Trinajstić information content (AvgIpc) is 3.02. The van der Waals surface area contributed by atoms with Gasteiger partial charge < -0.3 is 9.47 Å². The van der Waals surface area contributed by atoms with Crippen LogP contribution in [0, 0.1) is 5.92 Å². The summed E-state index contributed by atoms with van der Waals surface area (Å²) in [5.41, 5.74) is 1.06. The van der Waals surface area contributed by atoms with Gasteiger partial charge >= 0.3 is 0 Å². The van der Waals surface area contributed by atoms with Crippen LogP contribution < -0.4 is 0 Å². The quantitative estimate of drug-likeness (QED) is 0.687. The van der Waals surface area contributed by atoms with Crippen LogP contribution in [0.4, 0.5) is 0 Å². The largest absolute Gasteiger partial charge is 0.337 e. The third-order valence-corrected chi connectivity index (χ3v) is 6.05. The van der Waals surface area contributed by atoms with Gasteiger partial charge in [0.25, 0.3) is 0 Å². The fraction of sp³-hybridized carbons (Fsp3) is 0.571. The van der Waals surface area contributed by atoms with Gasteiger partial charge in [0.05, 0.1) is 5.75 Å². The number of amides is 1. The molecule has 2 atom stereocenters. The van der Waals surface area contributed by atoms with Gasteiger partial charge in [-0.25, -0.2) is 0 Å². The van der Waals surface area contributed by atoms with Crippen molar-refractivity contribution in [3.8, 4) is 11.4 Å². The molecular weight excluding hydrogens is 356 g/mol. The predicted octanol–water partition coefficient (Wildman–Crippen LogP) is 4.48. The molecule has 0 aliphatic carbocycles. The maximum absolute atomic E-state index is 12.9. The summed E-state index contributed by atoms with van der Waals surface area (Å²) in [7, 11) is 0. The van der Waals surface area contributed by atoms with Crippen LogP contribution in [0.1, 0.15) is 47.0 Å². The number of carbonyl (C=O) groups excluding carboxylic acids is 1. The number of benzene rings is 1. The minimum absolute atomic E-state index is 0.208.